The summed E-state index contributed by atoms with van der Waals surface area (Å²) in [5, 5.41) is 1.35. The predicted octanol–water partition coefficient (Wildman–Crippen LogP) is 4.88. The van der Waals surface area contributed by atoms with Crippen LogP contribution in [0, 0.1) is 6.92 Å². The first-order valence-corrected chi connectivity index (χ1v) is 6.21. The zero-order valence-corrected chi connectivity index (χ0v) is 9.92. The van der Waals surface area contributed by atoms with E-state index in [2.05, 4.69) is 61.5 Å². The fourth-order valence-electron chi connectivity index (χ4n) is 1.95. The molecule has 0 unspecified atom stereocenters. The third-order valence-corrected chi connectivity index (χ3v) is 4.13. The number of aryl methyl sites for hydroxylation is 1. The van der Waals surface area contributed by atoms with Crippen molar-refractivity contribution in [3.05, 3.63) is 60.2 Å². The first-order chi connectivity index (χ1) is 7.84. The van der Waals surface area contributed by atoms with Gasteiger partial charge in [-0.15, -0.1) is 11.3 Å². The maximum atomic E-state index is 2.28. The van der Waals surface area contributed by atoms with Crippen molar-refractivity contribution >= 4 is 21.4 Å². The molecule has 2 aromatic carbocycles. The van der Waals surface area contributed by atoms with Crippen LogP contribution in [-0.2, 0) is 0 Å². The summed E-state index contributed by atoms with van der Waals surface area (Å²) in [6.07, 6.45) is 0. The van der Waals surface area contributed by atoms with Gasteiger partial charge in [-0.25, -0.2) is 0 Å². The van der Waals surface area contributed by atoms with E-state index < -0.39 is 0 Å². The second-order valence-electron chi connectivity index (χ2n) is 3.97. The van der Waals surface area contributed by atoms with Crippen LogP contribution in [0.1, 0.15) is 5.56 Å². The molecule has 0 aliphatic carbocycles. The van der Waals surface area contributed by atoms with Crippen molar-refractivity contribution in [3.8, 4) is 10.4 Å². The fourth-order valence-corrected chi connectivity index (χ4v) is 3.09. The molecule has 16 heavy (non-hydrogen) atoms. The predicted molar refractivity (Wildman–Crippen MR) is 72.0 cm³/mol. The minimum absolute atomic E-state index is 1.31. The van der Waals surface area contributed by atoms with Crippen LogP contribution in [0.15, 0.2) is 54.6 Å². The molecule has 0 amide bonds. The van der Waals surface area contributed by atoms with Gasteiger partial charge in [0.25, 0.3) is 0 Å². The van der Waals surface area contributed by atoms with E-state index >= 15 is 0 Å². The van der Waals surface area contributed by atoms with Crippen LogP contribution in [0.3, 0.4) is 0 Å². The summed E-state index contributed by atoms with van der Waals surface area (Å²) in [5.74, 6) is 0. The zero-order chi connectivity index (χ0) is 11.0. The van der Waals surface area contributed by atoms with E-state index in [-0.39, 0.29) is 0 Å². The molecule has 0 aliphatic heterocycles. The summed E-state index contributed by atoms with van der Waals surface area (Å²) in [7, 11) is 0. The van der Waals surface area contributed by atoms with E-state index in [0.29, 0.717) is 0 Å². The lowest BCUT2D eigenvalue weighted by Gasteiger charge is -1.94. The van der Waals surface area contributed by atoms with Crippen LogP contribution in [0.4, 0.5) is 0 Å². The first-order valence-electron chi connectivity index (χ1n) is 5.39. The smallest absolute Gasteiger partial charge is 0.0378 e. The van der Waals surface area contributed by atoms with Crippen molar-refractivity contribution in [2.24, 2.45) is 0 Å². The first kappa shape index (κ1) is 9.61. The summed E-state index contributed by atoms with van der Waals surface area (Å²) in [6.45, 7) is 2.17. The number of hydrogen-bond donors (Lipinski definition) is 0. The highest BCUT2D eigenvalue weighted by Crippen LogP contribution is 2.34. The summed E-state index contributed by atoms with van der Waals surface area (Å²) in [6, 6.07) is 19.3. The Morgan fingerprint density at radius 3 is 2.44 bits per heavy atom. The van der Waals surface area contributed by atoms with E-state index in [1.165, 1.54) is 26.1 Å². The third-order valence-electron chi connectivity index (χ3n) is 2.80. The minimum atomic E-state index is 1.31. The topological polar surface area (TPSA) is 0 Å². The largest absolute Gasteiger partial charge is 0.135 e. The number of benzene rings is 2. The molecule has 1 aromatic heterocycles. The van der Waals surface area contributed by atoms with Crippen molar-refractivity contribution in [2.45, 2.75) is 6.92 Å². The second-order valence-corrected chi connectivity index (χ2v) is 5.02. The molecule has 0 saturated heterocycles. The van der Waals surface area contributed by atoms with Gasteiger partial charge >= 0.3 is 0 Å². The van der Waals surface area contributed by atoms with Crippen LogP contribution < -0.4 is 0 Å². The standard InChI is InChI=1S/C15H12S/c1-11-6-5-9-13-10-14(16-15(11)13)12-7-3-2-4-8-12/h2-10H,1H3. The lowest BCUT2D eigenvalue weighted by atomic mass is 10.1. The molecule has 1 heterocycles. The molecular formula is C15H12S. The van der Waals surface area contributed by atoms with Gasteiger partial charge in [0.1, 0.15) is 0 Å². The van der Waals surface area contributed by atoms with Crippen LogP contribution in [0.2, 0.25) is 0 Å². The summed E-state index contributed by atoms with van der Waals surface area (Å²) in [5.41, 5.74) is 2.67. The van der Waals surface area contributed by atoms with Crippen molar-refractivity contribution < 1.29 is 0 Å². The van der Waals surface area contributed by atoms with Crippen molar-refractivity contribution in [2.75, 3.05) is 0 Å². The van der Waals surface area contributed by atoms with Crippen molar-refractivity contribution in [3.63, 3.8) is 0 Å². The van der Waals surface area contributed by atoms with Gasteiger partial charge in [-0.05, 0) is 29.5 Å². The molecule has 3 aromatic rings. The molecule has 78 valence electrons. The van der Waals surface area contributed by atoms with E-state index in [4.69, 9.17) is 0 Å². The second kappa shape index (κ2) is 3.76. The number of thiophene rings is 1. The molecule has 0 saturated carbocycles. The van der Waals surface area contributed by atoms with Gasteiger partial charge in [-0.2, -0.15) is 0 Å². The van der Waals surface area contributed by atoms with E-state index in [1.54, 1.807) is 0 Å². The zero-order valence-electron chi connectivity index (χ0n) is 9.10. The van der Waals surface area contributed by atoms with Gasteiger partial charge in [-0.3, -0.25) is 0 Å². The van der Waals surface area contributed by atoms with Crippen molar-refractivity contribution in [1.82, 2.24) is 0 Å². The number of rotatable bonds is 1. The molecule has 0 radical (unpaired) electrons. The van der Waals surface area contributed by atoms with E-state index in [9.17, 15) is 0 Å². The Hall–Kier alpha value is -1.60. The van der Waals surface area contributed by atoms with E-state index in [0.717, 1.165) is 0 Å². The number of fused-ring (bicyclic) bond motifs is 1. The average molecular weight is 224 g/mol. The van der Waals surface area contributed by atoms with Crippen LogP contribution in [0.25, 0.3) is 20.5 Å². The Labute approximate surface area is 99.2 Å². The quantitative estimate of drug-likeness (QED) is 0.553. The monoisotopic (exact) mass is 224 g/mol. The fraction of sp³-hybridized carbons (Fsp3) is 0.0667. The summed E-state index contributed by atoms with van der Waals surface area (Å²) >= 11 is 1.88. The lowest BCUT2D eigenvalue weighted by Crippen LogP contribution is -1.68. The molecule has 0 aliphatic rings. The molecule has 0 atom stereocenters. The Morgan fingerprint density at radius 2 is 1.69 bits per heavy atom. The van der Waals surface area contributed by atoms with Gasteiger partial charge < -0.3 is 0 Å². The Morgan fingerprint density at radius 1 is 0.875 bits per heavy atom. The Balaban J connectivity index is 2.23. The SMILES string of the molecule is Cc1cccc2cc(-c3ccccc3)sc12. The van der Waals surface area contributed by atoms with Gasteiger partial charge in [-0.1, -0.05) is 48.5 Å². The van der Waals surface area contributed by atoms with Crippen LogP contribution in [-0.4, -0.2) is 0 Å². The summed E-state index contributed by atoms with van der Waals surface area (Å²) < 4.78 is 1.40. The average Bonchev–Trinajstić information content (AvgIpc) is 2.76. The van der Waals surface area contributed by atoms with Gasteiger partial charge in [0.05, 0.1) is 0 Å². The molecule has 0 bridgehead atoms. The lowest BCUT2D eigenvalue weighted by molar-refractivity contribution is 1.56. The maximum absolute atomic E-state index is 2.28. The van der Waals surface area contributed by atoms with Gasteiger partial charge in [0.15, 0.2) is 0 Å². The van der Waals surface area contributed by atoms with Gasteiger partial charge in [0, 0.05) is 9.58 Å². The molecule has 0 N–H and O–H groups in total. The van der Waals surface area contributed by atoms with Gasteiger partial charge in [0.2, 0.25) is 0 Å². The van der Waals surface area contributed by atoms with Crippen LogP contribution >= 0.6 is 11.3 Å². The Bertz CT molecular complexity index is 620. The molecule has 0 nitrogen and oxygen atoms in total. The highest BCUT2D eigenvalue weighted by Gasteiger charge is 2.04. The normalized spacial score (nSPS) is 10.8. The molecule has 0 fully saturated rings. The maximum Gasteiger partial charge on any atom is 0.0378 e. The van der Waals surface area contributed by atoms with E-state index in [1.807, 2.05) is 11.3 Å². The van der Waals surface area contributed by atoms with Crippen molar-refractivity contribution in [1.29, 1.82) is 0 Å². The van der Waals surface area contributed by atoms with Crippen LogP contribution in [0.5, 0.6) is 0 Å². The molecule has 3 rings (SSSR count). The third kappa shape index (κ3) is 1.54. The molecular weight excluding hydrogens is 212 g/mol. The highest BCUT2D eigenvalue weighted by molar-refractivity contribution is 7.22. The Kier molecular flexibility index (Phi) is 2.26. The number of hydrogen-bond acceptors (Lipinski definition) is 1. The minimum Gasteiger partial charge on any atom is -0.135 e. The highest BCUT2D eigenvalue weighted by atomic mass is 32.1. The molecule has 1 heteroatoms. The summed E-state index contributed by atoms with van der Waals surface area (Å²) in [4.78, 5) is 1.35. The molecule has 0 spiro atoms.